The smallest absolute Gasteiger partial charge is 0.274 e. The molecule has 31 heavy (non-hydrogen) atoms. The highest BCUT2D eigenvalue weighted by atomic mass is 79.9. The van der Waals surface area contributed by atoms with Crippen molar-refractivity contribution in [3.63, 3.8) is 0 Å². The number of nitrogens with one attached hydrogen (secondary N) is 1. The second kappa shape index (κ2) is 10.6. The summed E-state index contributed by atoms with van der Waals surface area (Å²) in [5.74, 6) is -0.574. The van der Waals surface area contributed by atoms with Crippen LogP contribution in [0.2, 0.25) is 0 Å². The number of anilines is 1. The molecule has 0 saturated heterocycles. The maximum absolute atomic E-state index is 13.5. The van der Waals surface area contributed by atoms with Crippen LogP contribution in [0, 0.1) is 0 Å². The summed E-state index contributed by atoms with van der Waals surface area (Å²) >= 11 is 3.41. The van der Waals surface area contributed by atoms with E-state index in [0.717, 1.165) is 16.5 Å². The number of phenolic OH excluding ortho intramolecular Hbond substituents is 1. The van der Waals surface area contributed by atoms with Gasteiger partial charge in [0, 0.05) is 22.3 Å². The third-order valence-electron chi connectivity index (χ3n) is 4.55. The number of amides is 2. The first-order chi connectivity index (χ1) is 15.0. The summed E-state index contributed by atoms with van der Waals surface area (Å²) < 4.78 is 0.919. The van der Waals surface area contributed by atoms with Crippen LogP contribution < -0.4 is 10.2 Å². The highest BCUT2D eigenvalue weighted by Gasteiger charge is 2.22. The monoisotopic (exact) mass is 478 g/mol. The topological polar surface area (TPSA) is 69.6 Å². The number of aromatic hydroxyl groups is 1. The second-order valence-corrected chi connectivity index (χ2v) is 7.82. The molecule has 5 nitrogen and oxygen atoms in total. The molecule has 0 unspecified atom stereocenters. The van der Waals surface area contributed by atoms with E-state index in [0.29, 0.717) is 17.8 Å². The zero-order valence-corrected chi connectivity index (χ0v) is 18.7. The van der Waals surface area contributed by atoms with Gasteiger partial charge in [0.05, 0.1) is 0 Å². The molecule has 0 aliphatic heterocycles. The number of carbonyl (C=O) groups is 2. The summed E-state index contributed by atoms with van der Waals surface area (Å²) in [6.07, 6.45) is 2.39. The first kappa shape index (κ1) is 22.3. The second-order valence-electron chi connectivity index (χ2n) is 6.90. The summed E-state index contributed by atoms with van der Waals surface area (Å²) in [7, 11) is 0. The molecule has 0 atom stereocenters. The predicted molar refractivity (Wildman–Crippen MR) is 127 cm³/mol. The lowest BCUT2D eigenvalue weighted by molar-refractivity contribution is -0.115. The average Bonchev–Trinajstić information content (AvgIpc) is 2.79. The van der Waals surface area contributed by atoms with E-state index in [4.69, 9.17) is 0 Å². The van der Waals surface area contributed by atoms with Crippen LogP contribution in [0.25, 0.3) is 6.08 Å². The molecule has 3 aromatic carbocycles. The van der Waals surface area contributed by atoms with Gasteiger partial charge in [-0.1, -0.05) is 53.2 Å². The first-order valence-corrected chi connectivity index (χ1v) is 10.7. The SMILES string of the molecule is CCCN(C(=O)/C(=C/c1ccc(Br)cc1)NC(=O)c1ccccc1)c1ccc(O)cc1. The molecule has 2 amide bonds. The standard InChI is InChI=1S/C25H23BrN2O3/c1-2-16-28(21-12-14-22(29)15-13-21)25(31)23(17-18-8-10-20(26)11-9-18)27-24(30)19-6-4-3-5-7-19/h3-15,17,29H,2,16H2,1H3,(H,27,30)/b23-17-. The van der Waals surface area contributed by atoms with Gasteiger partial charge >= 0.3 is 0 Å². The van der Waals surface area contributed by atoms with Crippen LogP contribution in [0.4, 0.5) is 5.69 Å². The Morgan fingerprint density at radius 3 is 2.23 bits per heavy atom. The van der Waals surface area contributed by atoms with E-state index < -0.39 is 0 Å². The van der Waals surface area contributed by atoms with Crippen molar-refractivity contribution < 1.29 is 14.7 Å². The van der Waals surface area contributed by atoms with Gasteiger partial charge in [-0.15, -0.1) is 0 Å². The van der Waals surface area contributed by atoms with Crippen LogP contribution in [0.5, 0.6) is 5.75 Å². The van der Waals surface area contributed by atoms with Gasteiger partial charge in [0.25, 0.3) is 11.8 Å². The van der Waals surface area contributed by atoms with Crippen molar-refractivity contribution in [3.05, 3.63) is 100 Å². The van der Waals surface area contributed by atoms with Gasteiger partial charge in [-0.2, -0.15) is 0 Å². The largest absolute Gasteiger partial charge is 0.508 e. The summed E-state index contributed by atoms with van der Waals surface area (Å²) in [6.45, 7) is 2.43. The molecule has 0 aromatic heterocycles. The summed E-state index contributed by atoms with van der Waals surface area (Å²) in [6, 6.07) is 22.6. The van der Waals surface area contributed by atoms with Gasteiger partial charge in [-0.25, -0.2) is 0 Å². The van der Waals surface area contributed by atoms with Gasteiger partial charge in [0.15, 0.2) is 0 Å². The number of phenols is 1. The third kappa shape index (κ3) is 6.06. The molecule has 0 aliphatic carbocycles. The Labute approximate surface area is 190 Å². The molecule has 0 bridgehead atoms. The van der Waals surface area contributed by atoms with Gasteiger partial charge in [0.1, 0.15) is 11.4 Å². The zero-order valence-electron chi connectivity index (χ0n) is 17.1. The summed E-state index contributed by atoms with van der Waals surface area (Å²) in [5.41, 5.74) is 2.05. The third-order valence-corrected chi connectivity index (χ3v) is 5.08. The van der Waals surface area contributed by atoms with Crippen molar-refractivity contribution >= 4 is 39.5 Å². The Morgan fingerprint density at radius 2 is 1.61 bits per heavy atom. The summed E-state index contributed by atoms with van der Waals surface area (Å²) in [5, 5.41) is 12.4. The van der Waals surface area contributed by atoms with Crippen molar-refractivity contribution in [1.29, 1.82) is 0 Å². The van der Waals surface area contributed by atoms with Crippen LogP contribution >= 0.6 is 15.9 Å². The van der Waals surface area contributed by atoms with E-state index in [2.05, 4.69) is 21.2 Å². The van der Waals surface area contributed by atoms with Crippen LogP contribution in [0.1, 0.15) is 29.3 Å². The Bertz CT molecular complexity index is 1060. The number of rotatable bonds is 7. The van der Waals surface area contributed by atoms with E-state index in [1.54, 1.807) is 47.4 Å². The Kier molecular flexibility index (Phi) is 7.62. The number of hydrogen-bond donors (Lipinski definition) is 2. The van der Waals surface area contributed by atoms with E-state index in [-0.39, 0.29) is 23.3 Å². The van der Waals surface area contributed by atoms with Gasteiger partial charge < -0.3 is 15.3 Å². The predicted octanol–water partition coefficient (Wildman–Crippen LogP) is 5.37. The molecule has 0 radical (unpaired) electrons. The fraction of sp³-hybridized carbons (Fsp3) is 0.120. The molecule has 158 valence electrons. The number of halogens is 1. The molecule has 3 aromatic rings. The van der Waals surface area contributed by atoms with Gasteiger partial charge in [-0.3, -0.25) is 9.59 Å². The molecule has 0 aliphatic rings. The normalized spacial score (nSPS) is 11.1. The van der Waals surface area contributed by atoms with Crippen LogP contribution in [-0.4, -0.2) is 23.5 Å². The molecule has 0 spiro atoms. The lowest BCUT2D eigenvalue weighted by Gasteiger charge is -2.24. The highest BCUT2D eigenvalue weighted by molar-refractivity contribution is 9.10. The van der Waals surface area contributed by atoms with Gasteiger partial charge in [0.2, 0.25) is 0 Å². The van der Waals surface area contributed by atoms with Crippen molar-refractivity contribution in [2.75, 3.05) is 11.4 Å². The van der Waals surface area contributed by atoms with Crippen molar-refractivity contribution in [2.45, 2.75) is 13.3 Å². The molecular formula is C25H23BrN2O3. The highest BCUT2D eigenvalue weighted by Crippen LogP contribution is 2.21. The van der Waals surface area contributed by atoms with Crippen molar-refractivity contribution in [1.82, 2.24) is 5.32 Å². The Morgan fingerprint density at radius 1 is 0.968 bits per heavy atom. The average molecular weight is 479 g/mol. The van der Waals surface area contributed by atoms with Crippen LogP contribution in [0.15, 0.2) is 89.0 Å². The molecule has 0 heterocycles. The molecule has 0 fully saturated rings. The number of hydrogen-bond acceptors (Lipinski definition) is 3. The maximum atomic E-state index is 13.5. The minimum absolute atomic E-state index is 0.121. The first-order valence-electron chi connectivity index (χ1n) is 9.92. The van der Waals surface area contributed by atoms with E-state index in [9.17, 15) is 14.7 Å². The number of benzene rings is 3. The van der Waals surface area contributed by atoms with Gasteiger partial charge in [-0.05, 0) is 66.6 Å². The molecule has 3 rings (SSSR count). The van der Waals surface area contributed by atoms with Crippen molar-refractivity contribution in [3.8, 4) is 5.75 Å². The number of carbonyl (C=O) groups excluding carboxylic acids is 2. The van der Waals surface area contributed by atoms with Crippen molar-refractivity contribution in [2.24, 2.45) is 0 Å². The molecular weight excluding hydrogens is 456 g/mol. The lowest BCUT2D eigenvalue weighted by atomic mass is 10.1. The quantitative estimate of drug-likeness (QED) is 0.448. The van der Waals surface area contributed by atoms with E-state index >= 15 is 0 Å². The van der Waals surface area contributed by atoms with E-state index in [1.807, 2.05) is 37.3 Å². The maximum Gasteiger partial charge on any atom is 0.274 e. The summed E-state index contributed by atoms with van der Waals surface area (Å²) in [4.78, 5) is 27.9. The zero-order chi connectivity index (χ0) is 22.2. The van der Waals surface area contributed by atoms with Crippen LogP contribution in [0.3, 0.4) is 0 Å². The fourth-order valence-corrected chi connectivity index (χ4v) is 3.27. The molecule has 0 saturated carbocycles. The number of nitrogens with zero attached hydrogens (tertiary/aromatic N) is 1. The van der Waals surface area contributed by atoms with E-state index in [1.165, 1.54) is 12.1 Å². The fourth-order valence-electron chi connectivity index (χ4n) is 3.01. The Hall–Kier alpha value is -3.38. The lowest BCUT2D eigenvalue weighted by Crippen LogP contribution is -2.39. The minimum atomic E-state index is -0.362. The Balaban J connectivity index is 1.98. The van der Waals surface area contributed by atoms with Crippen LogP contribution in [-0.2, 0) is 4.79 Å². The molecule has 2 N–H and O–H groups in total. The molecule has 6 heteroatoms. The minimum Gasteiger partial charge on any atom is -0.508 e.